The summed E-state index contributed by atoms with van der Waals surface area (Å²) in [5.74, 6) is -2.40. The van der Waals surface area contributed by atoms with Crippen molar-refractivity contribution in [3.05, 3.63) is 45.4 Å². The normalized spacial score (nSPS) is 19.2. The number of hydrogen-bond donors (Lipinski definition) is 5. The Hall–Kier alpha value is -4.39. The molecule has 6 N–H and O–H groups in total. The number of amides is 3. The third-order valence-electron chi connectivity index (χ3n) is 7.53. The molecule has 1 aromatic carbocycles. The first kappa shape index (κ1) is 32.0. The number of aliphatic carboxylic acids is 1. The maximum absolute atomic E-state index is 13.8. The number of carboxylic acids is 1. The lowest BCUT2D eigenvalue weighted by Crippen LogP contribution is -2.57. The molecule has 3 aromatic rings. The molecular weight excluding hydrogens is 628 g/mol. The van der Waals surface area contributed by atoms with Crippen LogP contribution in [0.5, 0.6) is 0 Å². The summed E-state index contributed by atoms with van der Waals surface area (Å²) in [4.78, 5) is 62.3. The SMILES string of the molecule is COC(=O)N=C(N)c1ccc2cc(S(=O)(=O)N3CCN(C(=O)c4nc5c(s4)CNC(C)C5)C(CC(=O)NCC(=O)O)C3)[nH]c2c1. The number of aromatic nitrogens is 2. The molecule has 2 aliphatic heterocycles. The van der Waals surface area contributed by atoms with E-state index in [1.54, 1.807) is 18.2 Å². The summed E-state index contributed by atoms with van der Waals surface area (Å²) in [5, 5.41) is 15.3. The summed E-state index contributed by atoms with van der Waals surface area (Å²) in [6.45, 7) is 1.72. The number of nitrogens with zero attached hydrogens (tertiary/aromatic N) is 4. The van der Waals surface area contributed by atoms with Crippen molar-refractivity contribution in [3.8, 4) is 0 Å². The largest absolute Gasteiger partial charge is 0.480 e. The summed E-state index contributed by atoms with van der Waals surface area (Å²) in [6.07, 6.45) is -0.529. The van der Waals surface area contributed by atoms with Crippen molar-refractivity contribution in [3.63, 3.8) is 0 Å². The number of aromatic amines is 1. The average molecular weight is 661 g/mol. The number of H-pyrrole nitrogens is 1. The number of aliphatic imine (C=N–C) groups is 1. The van der Waals surface area contributed by atoms with E-state index in [1.807, 2.05) is 6.92 Å². The van der Waals surface area contributed by atoms with Gasteiger partial charge in [-0.05, 0) is 19.1 Å². The Kier molecular flexibility index (Phi) is 9.19. The van der Waals surface area contributed by atoms with E-state index in [4.69, 9.17) is 10.8 Å². The highest BCUT2D eigenvalue weighted by molar-refractivity contribution is 7.89. The van der Waals surface area contributed by atoms with Gasteiger partial charge in [0, 0.05) is 66.4 Å². The zero-order valence-electron chi connectivity index (χ0n) is 24.4. The molecule has 0 aliphatic carbocycles. The predicted octanol–water partition coefficient (Wildman–Crippen LogP) is 0.237. The van der Waals surface area contributed by atoms with E-state index in [1.165, 1.54) is 26.6 Å². The topological polar surface area (TPSA) is 229 Å². The molecule has 3 amide bonds. The van der Waals surface area contributed by atoms with Crippen LogP contribution in [0.25, 0.3) is 10.9 Å². The molecule has 4 heterocycles. The molecule has 5 rings (SSSR count). The fraction of sp³-hybridized carbons (Fsp3) is 0.407. The summed E-state index contributed by atoms with van der Waals surface area (Å²) in [5.41, 5.74) is 7.51. The first-order valence-corrected chi connectivity index (χ1v) is 16.2. The molecule has 2 atom stereocenters. The van der Waals surface area contributed by atoms with Crippen LogP contribution in [-0.4, -0.2) is 108 Å². The second kappa shape index (κ2) is 12.9. The predicted molar refractivity (Wildman–Crippen MR) is 162 cm³/mol. The standard InChI is InChI=1S/C27H32N8O8S2/c1-14-7-19-20(11-29-14)44-25(32-19)26(39)35-6-5-34(13-17(35)10-21(36)30-12-23(37)38)45(41,42)22-9-15-3-4-16(8-18(15)31-22)24(28)33-27(40)43-2/h3-4,8-9,14,17,29,31H,5-7,10-13H2,1-2H3,(H,30,36)(H,37,38)(H2,28,33,40). The fourth-order valence-electron chi connectivity index (χ4n) is 5.22. The molecule has 1 saturated heterocycles. The number of carbonyl (C=O) groups excluding carboxylic acids is 3. The van der Waals surface area contributed by atoms with Crippen molar-refractivity contribution in [2.45, 2.75) is 43.4 Å². The summed E-state index contributed by atoms with van der Waals surface area (Å²) < 4.78 is 33.3. The van der Waals surface area contributed by atoms with Crippen LogP contribution in [0.3, 0.4) is 0 Å². The van der Waals surface area contributed by atoms with Crippen LogP contribution in [0.1, 0.15) is 39.3 Å². The van der Waals surface area contributed by atoms with Crippen LogP contribution < -0.4 is 16.4 Å². The molecule has 2 unspecified atom stereocenters. The number of methoxy groups -OCH3 is 1. The number of ether oxygens (including phenoxy) is 1. The van der Waals surface area contributed by atoms with Gasteiger partial charge >= 0.3 is 12.1 Å². The Morgan fingerprint density at radius 2 is 2.02 bits per heavy atom. The Balaban J connectivity index is 1.39. The van der Waals surface area contributed by atoms with Crippen LogP contribution in [-0.2, 0) is 37.3 Å². The average Bonchev–Trinajstić information content (AvgIpc) is 3.63. The maximum Gasteiger partial charge on any atom is 0.435 e. The molecule has 0 spiro atoms. The molecule has 18 heteroatoms. The number of hydrogen-bond acceptors (Lipinski definition) is 10. The lowest BCUT2D eigenvalue weighted by molar-refractivity contribution is -0.138. The van der Waals surface area contributed by atoms with E-state index in [-0.39, 0.29) is 48.0 Å². The van der Waals surface area contributed by atoms with Crippen molar-refractivity contribution in [1.29, 1.82) is 0 Å². The van der Waals surface area contributed by atoms with Crippen LogP contribution in [0, 0.1) is 0 Å². The van der Waals surface area contributed by atoms with Gasteiger partial charge in [-0.15, -0.1) is 11.3 Å². The van der Waals surface area contributed by atoms with Crippen LogP contribution in [0.2, 0.25) is 0 Å². The molecular formula is C27H32N8O8S2. The van der Waals surface area contributed by atoms with E-state index in [2.05, 4.69) is 30.3 Å². The minimum atomic E-state index is -4.14. The van der Waals surface area contributed by atoms with Crippen molar-refractivity contribution in [2.24, 2.45) is 10.7 Å². The van der Waals surface area contributed by atoms with Gasteiger partial charge in [0.05, 0.1) is 18.8 Å². The van der Waals surface area contributed by atoms with E-state index in [0.29, 0.717) is 29.4 Å². The van der Waals surface area contributed by atoms with Gasteiger partial charge in [0.2, 0.25) is 5.91 Å². The first-order chi connectivity index (χ1) is 21.3. The van der Waals surface area contributed by atoms with E-state index in [9.17, 15) is 27.6 Å². The van der Waals surface area contributed by atoms with E-state index >= 15 is 0 Å². The highest BCUT2D eigenvalue weighted by atomic mass is 32.2. The minimum Gasteiger partial charge on any atom is -0.480 e. The van der Waals surface area contributed by atoms with Crippen LogP contribution in [0.15, 0.2) is 34.3 Å². The van der Waals surface area contributed by atoms with Crippen molar-refractivity contribution in [1.82, 2.24) is 29.8 Å². The van der Waals surface area contributed by atoms with Gasteiger partial charge in [0.25, 0.3) is 15.9 Å². The van der Waals surface area contributed by atoms with Crippen molar-refractivity contribution in [2.75, 3.05) is 33.3 Å². The zero-order chi connectivity index (χ0) is 32.5. The fourth-order valence-corrected chi connectivity index (χ4v) is 7.70. The summed E-state index contributed by atoms with van der Waals surface area (Å²) in [6, 6.07) is 5.52. The number of fused-ring (bicyclic) bond motifs is 2. The van der Waals surface area contributed by atoms with Gasteiger partial charge in [-0.1, -0.05) is 12.1 Å². The van der Waals surface area contributed by atoms with Crippen LogP contribution >= 0.6 is 11.3 Å². The molecule has 2 aromatic heterocycles. The quantitative estimate of drug-likeness (QED) is 0.162. The third-order valence-corrected chi connectivity index (χ3v) is 10.4. The van der Waals surface area contributed by atoms with Crippen molar-refractivity contribution >= 4 is 62.0 Å². The Morgan fingerprint density at radius 3 is 2.76 bits per heavy atom. The second-order valence-electron chi connectivity index (χ2n) is 10.7. The van der Waals surface area contributed by atoms with Gasteiger partial charge in [0.15, 0.2) is 5.01 Å². The number of piperazine rings is 1. The molecule has 45 heavy (non-hydrogen) atoms. The highest BCUT2D eigenvalue weighted by Crippen LogP contribution is 2.29. The first-order valence-electron chi connectivity index (χ1n) is 13.9. The molecule has 0 saturated carbocycles. The van der Waals surface area contributed by atoms with Gasteiger partial charge in [0.1, 0.15) is 17.4 Å². The van der Waals surface area contributed by atoms with E-state index < -0.39 is 46.5 Å². The maximum atomic E-state index is 13.8. The number of carbonyl (C=O) groups is 4. The smallest absolute Gasteiger partial charge is 0.435 e. The number of rotatable bonds is 8. The number of carboxylic acid groups (broad SMARTS) is 1. The highest BCUT2D eigenvalue weighted by Gasteiger charge is 2.39. The van der Waals surface area contributed by atoms with Crippen molar-refractivity contribution < 1.29 is 37.4 Å². The van der Waals surface area contributed by atoms with Gasteiger partial charge < -0.3 is 36.1 Å². The third kappa shape index (κ3) is 6.98. The Labute approximate surface area is 261 Å². The number of benzene rings is 1. The number of nitrogens with one attached hydrogen (secondary N) is 3. The van der Waals surface area contributed by atoms with E-state index in [0.717, 1.165) is 17.7 Å². The minimum absolute atomic E-state index is 0.0151. The zero-order valence-corrected chi connectivity index (χ0v) is 26.0. The molecule has 1 fully saturated rings. The number of sulfonamides is 1. The molecule has 2 aliphatic rings. The number of thiazole rings is 1. The molecule has 16 nitrogen and oxygen atoms in total. The lowest BCUT2D eigenvalue weighted by Gasteiger charge is -2.40. The molecule has 240 valence electrons. The lowest BCUT2D eigenvalue weighted by atomic mass is 10.1. The van der Waals surface area contributed by atoms with Crippen LogP contribution in [0.4, 0.5) is 4.79 Å². The monoisotopic (exact) mass is 660 g/mol. The molecule has 0 radical (unpaired) electrons. The number of amidine groups is 1. The van der Waals surface area contributed by atoms with Gasteiger partial charge in [-0.2, -0.15) is 9.30 Å². The molecule has 0 bridgehead atoms. The Bertz CT molecular complexity index is 1800. The second-order valence-corrected chi connectivity index (χ2v) is 13.7. The summed E-state index contributed by atoms with van der Waals surface area (Å²) >= 11 is 1.26. The summed E-state index contributed by atoms with van der Waals surface area (Å²) in [7, 11) is -2.98. The van der Waals surface area contributed by atoms with Gasteiger partial charge in [-0.25, -0.2) is 18.2 Å². The van der Waals surface area contributed by atoms with Gasteiger partial charge in [-0.3, -0.25) is 14.4 Å². The number of nitrogens with two attached hydrogens (primary N) is 1. The Morgan fingerprint density at radius 1 is 1.24 bits per heavy atom.